The maximum atomic E-state index is 9.75. The standard InChI is InChI=1S/C13H20N4O2/c18-11-2-1-3-17(9-11)13-8-12(14-10-15-13)16-4-6-19-7-5-16/h8,10-11,18H,1-7,9H2. The van der Waals surface area contributed by atoms with Crippen molar-refractivity contribution in [3.63, 3.8) is 0 Å². The number of β-amino-alcohol motifs (C(OH)–C–C–N with tert-alkyl or cyclic N) is 1. The Balaban J connectivity index is 1.75. The molecule has 6 nitrogen and oxygen atoms in total. The smallest absolute Gasteiger partial charge is 0.134 e. The number of hydrogen-bond acceptors (Lipinski definition) is 6. The van der Waals surface area contributed by atoms with Gasteiger partial charge in [-0.1, -0.05) is 0 Å². The number of ether oxygens (including phenoxy) is 1. The first-order chi connectivity index (χ1) is 9.33. The van der Waals surface area contributed by atoms with Gasteiger partial charge in [0.1, 0.15) is 18.0 Å². The number of anilines is 2. The van der Waals surface area contributed by atoms with E-state index in [0.717, 1.165) is 57.3 Å². The molecular formula is C13H20N4O2. The third-order valence-electron chi connectivity index (χ3n) is 3.69. The minimum absolute atomic E-state index is 0.240. The van der Waals surface area contributed by atoms with Crippen molar-refractivity contribution in [1.82, 2.24) is 9.97 Å². The maximum absolute atomic E-state index is 9.75. The van der Waals surface area contributed by atoms with Crippen molar-refractivity contribution in [2.24, 2.45) is 0 Å². The molecule has 3 heterocycles. The van der Waals surface area contributed by atoms with Gasteiger partial charge in [-0.15, -0.1) is 0 Å². The first-order valence-electron chi connectivity index (χ1n) is 6.91. The topological polar surface area (TPSA) is 61.7 Å². The van der Waals surface area contributed by atoms with Gasteiger partial charge < -0.3 is 19.6 Å². The zero-order valence-electron chi connectivity index (χ0n) is 11.0. The monoisotopic (exact) mass is 264 g/mol. The second-order valence-corrected chi connectivity index (χ2v) is 5.08. The van der Waals surface area contributed by atoms with Gasteiger partial charge in [-0.2, -0.15) is 0 Å². The summed E-state index contributed by atoms with van der Waals surface area (Å²) in [5.74, 6) is 1.86. The Kier molecular flexibility index (Phi) is 3.79. The van der Waals surface area contributed by atoms with Crippen LogP contribution in [0.5, 0.6) is 0 Å². The average Bonchev–Trinajstić information content (AvgIpc) is 2.48. The van der Waals surface area contributed by atoms with Crippen LogP contribution in [0.2, 0.25) is 0 Å². The van der Waals surface area contributed by atoms with Gasteiger partial charge in [0, 0.05) is 32.2 Å². The van der Waals surface area contributed by atoms with E-state index in [9.17, 15) is 5.11 Å². The summed E-state index contributed by atoms with van der Waals surface area (Å²) in [6.07, 6.45) is 3.27. The highest BCUT2D eigenvalue weighted by Crippen LogP contribution is 2.21. The van der Waals surface area contributed by atoms with Crippen LogP contribution in [-0.2, 0) is 4.74 Å². The third-order valence-corrected chi connectivity index (χ3v) is 3.69. The van der Waals surface area contributed by atoms with Crippen LogP contribution in [0.15, 0.2) is 12.4 Å². The van der Waals surface area contributed by atoms with Crippen LogP contribution in [0.1, 0.15) is 12.8 Å². The van der Waals surface area contributed by atoms with Crippen molar-refractivity contribution < 1.29 is 9.84 Å². The van der Waals surface area contributed by atoms with Gasteiger partial charge in [0.25, 0.3) is 0 Å². The Labute approximate surface area is 113 Å². The number of aromatic nitrogens is 2. The number of aliphatic hydroxyl groups excluding tert-OH is 1. The first-order valence-corrected chi connectivity index (χ1v) is 6.91. The molecule has 6 heteroatoms. The summed E-state index contributed by atoms with van der Waals surface area (Å²) < 4.78 is 5.35. The van der Waals surface area contributed by atoms with E-state index in [-0.39, 0.29) is 6.10 Å². The number of nitrogens with zero attached hydrogens (tertiary/aromatic N) is 4. The highest BCUT2D eigenvalue weighted by molar-refractivity contribution is 5.50. The van der Waals surface area contributed by atoms with Gasteiger partial charge in [-0.25, -0.2) is 9.97 Å². The highest BCUT2D eigenvalue weighted by Gasteiger charge is 2.20. The molecule has 104 valence electrons. The lowest BCUT2D eigenvalue weighted by molar-refractivity contribution is 0.122. The van der Waals surface area contributed by atoms with Gasteiger partial charge in [0.2, 0.25) is 0 Å². The van der Waals surface area contributed by atoms with Crippen molar-refractivity contribution in [3.05, 3.63) is 12.4 Å². The van der Waals surface area contributed by atoms with E-state index in [1.54, 1.807) is 6.33 Å². The zero-order chi connectivity index (χ0) is 13.1. The van der Waals surface area contributed by atoms with E-state index >= 15 is 0 Å². The van der Waals surface area contributed by atoms with Crippen molar-refractivity contribution in [3.8, 4) is 0 Å². The molecule has 2 fully saturated rings. The second-order valence-electron chi connectivity index (χ2n) is 5.08. The van der Waals surface area contributed by atoms with Crippen LogP contribution in [0.3, 0.4) is 0 Å². The predicted molar refractivity (Wildman–Crippen MR) is 72.5 cm³/mol. The van der Waals surface area contributed by atoms with E-state index in [2.05, 4.69) is 19.8 Å². The fourth-order valence-electron chi connectivity index (χ4n) is 2.64. The molecule has 2 aliphatic rings. The van der Waals surface area contributed by atoms with Crippen LogP contribution in [0, 0.1) is 0 Å². The zero-order valence-corrected chi connectivity index (χ0v) is 11.0. The van der Waals surface area contributed by atoms with E-state index in [4.69, 9.17) is 4.74 Å². The number of morpholine rings is 1. The van der Waals surface area contributed by atoms with Crippen LogP contribution in [0.4, 0.5) is 11.6 Å². The number of piperidine rings is 1. The number of rotatable bonds is 2. The normalized spacial score (nSPS) is 24.6. The lowest BCUT2D eigenvalue weighted by atomic mass is 10.1. The van der Waals surface area contributed by atoms with E-state index in [1.807, 2.05) is 6.07 Å². The number of hydrogen-bond donors (Lipinski definition) is 1. The Morgan fingerprint density at radius 1 is 1.11 bits per heavy atom. The first kappa shape index (κ1) is 12.6. The molecule has 0 bridgehead atoms. The molecule has 0 radical (unpaired) electrons. The average molecular weight is 264 g/mol. The predicted octanol–water partition coefficient (Wildman–Crippen LogP) is 0.274. The molecule has 1 aromatic heterocycles. The Morgan fingerprint density at radius 3 is 2.58 bits per heavy atom. The van der Waals surface area contributed by atoms with Gasteiger partial charge in [-0.3, -0.25) is 0 Å². The molecule has 19 heavy (non-hydrogen) atoms. The third kappa shape index (κ3) is 2.96. The molecule has 1 N–H and O–H groups in total. The molecular weight excluding hydrogens is 244 g/mol. The molecule has 2 aliphatic heterocycles. The largest absolute Gasteiger partial charge is 0.391 e. The van der Waals surface area contributed by atoms with Gasteiger partial charge in [-0.05, 0) is 12.8 Å². The molecule has 1 aromatic rings. The maximum Gasteiger partial charge on any atom is 0.134 e. The van der Waals surface area contributed by atoms with Crippen molar-refractivity contribution in [2.75, 3.05) is 49.2 Å². The Morgan fingerprint density at radius 2 is 1.84 bits per heavy atom. The van der Waals surface area contributed by atoms with E-state index in [1.165, 1.54) is 0 Å². The van der Waals surface area contributed by atoms with Crippen molar-refractivity contribution in [1.29, 1.82) is 0 Å². The molecule has 1 unspecified atom stereocenters. The van der Waals surface area contributed by atoms with Crippen molar-refractivity contribution in [2.45, 2.75) is 18.9 Å². The van der Waals surface area contributed by atoms with Gasteiger partial charge in [0.15, 0.2) is 0 Å². The van der Waals surface area contributed by atoms with Crippen LogP contribution >= 0.6 is 0 Å². The van der Waals surface area contributed by atoms with E-state index in [0.29, 0.717) is 6.54 Å². The quantitative estimate of drug-likeness (QED) is 0.827. The number of aliphatic hydroxyl groups is 1. The van der Waals surface area contributed by atoms with Crippen LogP contribution in [0.25, 0.3) is 0 Å². The minimum Gasteiger partial charge on any atom is -0.391 e. The van der Waals surface area contributed by atoms with Gasteiger partial charge >= 0.3 is 0 Å². The SMILES string of the molecule is OC1CCCN(c2cc(N3CCOCC3)ncn2)C1. The molecule has 1 atom stereocenters. The summed E-state index contributed by atoms with van der Waals surface area (Å²) in [4.78, 5) is 13.0. The summed E-state index contributed by atoms with van der Waals surface area (Å²) in [5.41, 5.74) is 0. The summed E-state index contributed by atoms with van der Waals surface area (Å²) in [6, 6.07) is 2.02. The summed E-state index contributed by atoms with van der Waals surface area (Å²) >= 11 is 0. The van der Waals surface area contributed by atoms with Crippen molar-refractivity contribution >= 4 is 11.6 Å². The lowest BCUT2D eigenvalue weighted by Crippen LogP contribution is -2.39. The molecule has 0 spiro atoms. The van der Waals surface area contributed by atoms with Gasteiger partial charge in [0.05, 0.1) is 19.3 Å². The highest BCUT2D eigenvalue weighted by atomic mass is 16.5. The van der Waals surface area contributed by atoms with Crippen LogP contribution < -0.4 is 9.80 Å². The van der Waals surface area contributed by atoms with E-state index < -0.39 is 0 Å². The second kappa shape index (κ2) is 5.71. The molecule has 0 amide bonds. The molecule has 0 saturated carbocycles. The fraction of sp³-hybridized carbons (Fsp3) is 0.692. The summed E-state index contributed by atoms with van der Waals surface area (Å²) in [7, 11) is 0. The molecule has 0 aliphatic carbocycles. The molecule has 0 aromatic carbocycles. The summed E-state index contributed by atoms with van der Waals surface area (Å²) in [5, 5.41) is 9.75. The fourth-order valence-corrected chi connectivity index (χ4v) is 2.64. The lowest BCUT2D eigenvalue weighted by Gasteiger charge is -2.32. The Bertz CT molecular complexity index is 423. The minimum atomic E-state index is -0.240. The molecule has 3 rings (SSSR count). The Hall–Kier alpha value is -1.40. The summed E-state index contributed by atoms with van der Waals surface area (Å²) in [6.45, 7) is 4.87. The molecule has 2 saturated heterocycles. The van der Waals surface area contributed by atoms with Crippen LogP contribution in [-0.4, -0.2) is 60.6 Å².